The molecule has 7 nitrogen and oxygen atoms in total. The van der Waals surface area contributed by atoms with Crippen LogP contribution in [-0.4, -0.2) is 40.1 Å². The number of hydrogen-bond acceptors (Lipinski definition) is 6. The van der Waals surface area contributed by atoms with Gasteiger partial charge in [0.1, 0.15) is 16.8 Å². The quantitative estimate of drug-likeness (QED) is 0.480. The van der Waals surface area contributed by atoms with Gasteiger partial charge in [0, 0.05) is 24.6 Å². The van der Waals surface area contributed by atoms with Gasteiger partial charge < -0.3 is 10.1 Å². The Kier molecular flexibility index (Phi) is 7.05. The molecule has 37 heavy (non-hydrogen) atoms. The summed E-state index contributed by atoms with van der Waals surface area (Å²) in [6, 6.07) is 21.2. The van der Waals surface area contributed by atoms with Crippen LogP contribution in [0, 0.1) is 12.7 Å². The minimum absolute atomic E-state index is 0.0225. The van der Waals surface area contributed by atoms with Crippen molar-refractivity contribution in [2.24, 2.45) is 10.1 Å². The number of halogens is 1. The molecular weight excluding hydrogens is 491 g/mol. The van der Waals surface area contributed by atoms with Crippen LogP contribution in [0.1, 0.15) is 35.6 Å². The number of aryl methyl sites for hydroxylation is 1. The molecule has 0 spiro atoms. The van der Waals surface area contributed by atoms with Gasteiger partial charge in [-0.05, 0) is 42.3 Å². The Morgan fingerprint density at radius 3 is 2.62 bits per heavy atom. The first-order valence-corrected chi connectivity index (χ1v) is 12.7. The van der Waals surface area contributed by atoms with Crippen molar-refractivity contribution >= 4 is 40.1 Å². The van der Waals surface area contributed by atoms with E-state index in [2.05, 4.69) is 10.3 Å². The van der Waals surface area contributed by atoms with Crippen LogP contribution in [-0.2, 0) is 9.59 Å². The summed E-state index contributed by atoms with van der Waals surface area (Å²) in [6.45, 7) is 2.02. The molecular formula is C28H25FN4O3S. The molecule has 188 valence electrons. The maximum atomic E-state index is 13.5. The minimum atomic E-state index is -0.649. The Balaban J connectivity index is 1.34. The number of rotatable bonds is 6. The summed E-state index contributed by atoms with van der Waals surface area (Å²) in [5.74, 6) is -0.345. The summed E-state index contributed by atoms with van der Waals surface area (Å²) in [4.78, 5) is 29.7. The third-order valence-electron chi connectivity index (χ3n) is 6.20. The van der Waals surface area contributed by atoms with Crippen LogP contribution in [0.5, 0.6) is 5.75 Å². The smallest absolute Gasteiger partial charge is 0.262 e. The molecule has 2 atom stereocenters. The van der Waals surface area contributed by atoms with E-state index in [1.807, 2.05) is 31.2 Å². The number of ether oxygens (including phenoxy) is 1. The molecule has 3 aromatic carbocycles. The molecule has 0 aliphatic carbocycles. The molecule has 9 heteroatoms. The average molecular weight is 517 g/mol. The zero-order valence-electron chi connectivity index (χ0n) is 20.3. The first-order valence-electron chi connectivity index (χ1n) is 11.8. The molecule has 2 unspecified atom stereocenters. The highest BCUT2D eigenvalue weighted by atomic mass is 32.2. The Bertz CT molecular complexity index is 1390. The lowest BCUT2D eigenvalue weighted by Crippen LogP contribution is -2.25. The Morgan fingerprint density at radius 1 is 1.14 bits per heavy atom. The van der Waals surface area contributed by atoms with E-state index in [0.29, 0.717) is 23.0 Å². The molecule has 0 saturated heterocycles. The first-order chi connectivity index (χ1) is 17.9. The topological polar surface area (TPSA) is 83.4 Å². The number of amides is 2. The summed E-state index contributed by atoms with van der Waals surface area (Å²) in [7, 11) is 1.56. The SMILES string of the molecule is COc1cccc(NC(=O)CC2SC(N3N=C(c4ccc(F)cc4)CC3c3ccc(C)cc3)=NC2=O)c1. The second kappa shape index (κ2) is 10.6. The fourth-order valence-electron chi connectivity index (χ4n) is 4.24. The van der Waals surface area contributed by atoms with Crippen LogP contribution in [0.15, 0.2) is 82.9 Å². The highest BCUT2D eigenvalue weighted by molar-refractivity contribution is 8.15. The number of carbonyl (C=O) groups excluding carboxylic acids is 2. The van der Waals surface area contributed by atoms with E-state index in [1.54, 1.807) is 48.5 Å². The lowest BCUT2D eigenvalue weighted by atomic mass is 9.98. The number of thioether (sulfide) groups is 1. The van der Waals surface area contributed by atoms with Crippen molar-refractivity contribution < 1.29 is 18.7 Å². The number of hydrazone groups is 1. The maximum Gasteiger partial charge on any atom is 0.262 e. The summed E-state index contributed by atoms with van der Waals surface area (Å²) in [5, 5.41) is 9.17. The standard InChI is InChI=1S/C28H25FN4O3S/c1-17-6-8-19(9-7-17)24-15-23(18-10-12-20(29)13-11-18)32-33(24)28-31-27(35)25(37-28)16-26(34)30-21-4-3-5-22(14-21)36-2/h3-14,24-25H,15-16H2,1-2H3,(H,30,34). The third-order valence-corrected chi connectivity index (χ3v) is 7.34. The van der Waals surface area contributed by atoms with Crippen molar-refractivity contribution in [2.45, 2.75) is 31.1 Å². The molecule has 2 heterocycles. The second-order valence-corrected chi connectivity index (χ2v) is 10.0. The van der Waals surface area contributed by atoms with Gasteiger partial charge >= 0.3 is 0 Å². The van der Waals surface area contributed by atoms with Crippen molar-refractivity contribution in [3.63, 3.8) is 0 Å². The van der Waals surface area contributed by atoms with E-state index < -0.39 is 5.25 Å². The molecule has 2 aliphatic heterocycles. The summed E-state index contributed by atoms with van der Waals surface area (Å²) >= 11 is 1.24. The summed E-state index contributed by atoms with van der Waals surface area (Å²) < 4.78 is 18.7. The average Bonchev–Trinajstić information content (AvgIpc) is 3.49. The van der Waals surface area contributed by atoms with Crippen molar-refractivity contribution in [2.75, 3.05) is 12.4 Å². The summed E-state index contributed by atoms with van der Waals surface area (Å²) in [5.41, 5.74) is 4.35. The number of hydrogen-bond donors (Lipinski definition) is 1. The van der Waals surface area contributed by atoms with Gasteiger partial charge in [-0.3, -0.25) is 9.59 Å². The van der Waals surface area contributed by atoms with E-state index in [9.17, 15) is 14.0 Å². The monoisotopic (exact) mass is 516 g/mol. The van der Waals surface area contributed by atoms with Crippen molar-refractivity contribution in [3.05, 3.63) is 95.3 Å². The van der Waals surface area contributed by atoms with E-state index >= 15 is 0 Å². The van der Waals surface area contributed by atoms with Gasteiger partial charge in [-0.25, -0.2) is 9.40 Å². The Labute approximate surface area is 218 Å². The van der Waals surface area contributed by atoms with E-state index in [1.165, 1.54) is 23.9 Å². The van der Waals surface area contributed by atoms with Gasteiger partial charge in [-0.15, -0.1) is 0 Å². The van der Waals surface area contributed by atoms with Crippen LogP contribution < -0.4 is 10.1 Å². The van der Waals surface area contributed by atoms with Gasteiger partial charge in [-0.2, -0.15) is 10.1 Å². The molecule has 0 bridgehead atoms. The predicted molar refractivity (Wildman–Crippen MR) is 143 cm³/mol. The van der Waals surface area contributed by atoms with Crippen LogP contribution in [0.25, 0.3) is 0 Å². The number of anilines is 1. The molecule has 0 fully saturated rings. The normalized spacial score (nSPS) is 19.0. The number of benzene rings is 3. The fraction of sp³-hybridized carbons (Fsp3) is 0.214. The highest BCUT2D eigenvalue weighted by Crippen LogP contribution is 2.38. The zero-order chi connectivity index (χ0) is 25.9. The molecule has 0 saturated carbocycles. The van der Waals surface area contributed by atoms with E-state index in [4.69, 9.17) is 9.84 Å². The molecule has 2 amide bonds. The number of carbonyl (C=O) groups is 2. The Morgan fingerprint density at radius 2 is 1.89 bits per heavy atom. The van der Waals surface area contributed by atoms with Crippen molar-refractivity contribution in [1.29, 1.82) is 0 Å². The van der Waals surface area contributed by atoms with Crippen LogP contribution in [0.4, 0.5) is 10.1 Å². The number of amidine groups is 1. The Hall–Kier alpha value is -3.98. The fourth-order valence-corrected chi connectivity index (χ4v) is 5.30. The van der Waals surface area contributed by atoms with Crippen molar-refractivity contribution in [1.82, 2.24) is 5.01 Å². The van der Waals surface area contributed by atoms with E-state index in [0.717, 1.165) is 22.4 Å². The highest BCUT2D eigenvalue weighted by Gasteiger charge is 2.39. The maximum absolute atomic E-state index is 13.5. The molecule has 0 radical (unpaired) electrons. The number of methoxy groups -OCH3 is 1. The molecule has 3 aromatic rings. The third kappa shape index (κ3) is 5.56. The molecule has 2 aliphatic rings. The number of nitrogens with zero attached hydrogens (tertiary/aromatic N) is 3. The second-order valence-electron chi connectivity index (χ2n) is 8.85. The van der Waals surface area contributed by atoms with Crippen LogP contribution in [0.2, 0.25) is 0 Å². The lowest BCUT2D eigenvalue weighted by Gasteiger charge is -2.23. The first kappa shape index (κ1) is 24.7. The van der Waals surface area contributed by atoms with Gasteiger partial charge in [0.25, 0.3) is 5.91 Å². The van der Waals surface area contributed by atoms with Gasteiger partial charge in [0.05, 0.1) is 18.9 Å². The van der Waals surface area contributed by atoms with Gasteiger partial charge in [0.2, 0.25) is 5.91 Å². The minimum Gasteiger partial charge on any atom is -0.497 e. The van der Waals surface area contributed by atoms with Crippen LogP contribution >= 0.6 is 11.8 Å². The number of nitrogens with one attached hydrogen (secondary N) is 1. The zero-order valence-corrected chi connectivity index (χ0v) is 21.2. The largest absolute Gasteiger partial charge is 0.497 e. The van der Waals surface area contributed by atoms with Gasteiger partial charge in [-0.1, -0.05) is 59.8 Å². The van der Waals surface area contributed by atoms with Crippen LogP contribution in [0.3, 0.4) is 0 Å². The number of aliphatic imine (C=N–C) groups is 1. The molecule has 0 aromatic heterocycles. The summed E-state index contributed by atoms with van der Waals surface area (Å²) in [6.07, 6.45) is 0.550. The lowest BCUT2D eigenvalue weighted by molar-refractivity contribution is -0.121. The molecule has 1 N–H and O–H groups in total. The van der Waals surface area contributed by atoms with Gasteiger partial charge in [0.15, 0.2) is 5.17 Å². The van der Waals surface area contributed by atoms with Crippen molar-refractivity contribution in [3.8, 4) is 5.75 Å². The van der Waals surface area contributed by atoms with E-state index in [-0.39, 0.29) is 30.1 Å². The molecule has 5 rings (SSSR count). The predicted octanol–water partition coefficient (Wildman–Crippen LogP) is 5.32.